The van der Waals surface area contributed by atoms with Gasteiger partial charge in [0.1, 0.15) is 11.4 Å². The normalized spacial score (nSPS) is 19.6. The van der Waals surface area contributed by atoms with Crippen molar-refractivity contribution < 1.29 is 4.92 Å². The van der Waals surface area contributed by atoms with Gasteiger partial charge >= 0.3 is 5.69 Å². The lowest BCUT2D eigenvalue weighted by Gasteiger charge is -2.23. The molecule has 5 heteroatoms. The van der Waals surface area contributed by atoms with Gasteiger partial charge in [-0.15, -0.1) is 0 Å². The zero-order valence-corrected chi connectivity index (χ0v) is 12.0. The van der Waals surface area contributed by atoms with E-state index in [-0.39, 0.29) is 16.3 Å². The van der Waals surface area contributed by atoms with Gasteiger partial charge in [0.05, 0.1) is 4.92 Å². The van der Waals surface area contributed by atoms with Gasteiger partial charge in [-0.1, -0.05) is 25.8 Å². The number of nitro groups is 1. The number of benzene rings is 1. The molecule has 0 amide bonds. The first-order valence-corrected chi connectivity index (χ1v) is 7.41. The van der Waals surface area contributed by atoms with E-state index in [0.717, 1.165) is 31.8 Å². The molecular formula is C15H23N3O2. The second kappa shape index (κ2) is 6.59. The summed E-state index contributed by atoms with van der Waals surface area (Å²) >= 11 is 0. The average Bonchev–Trinajstić information content (AvgIpc) is 2.64. The predicted octanol–water partition coefficient (Wildman–Crippen LogP) is 3.58. The van der Waals surface area contributed by atoms with Crippen LogP contribution in [0, 0.1) is 16.0 Å². The van der Waals surface area contributed by atoms with Crippen LogP contribution in [0.1, 0.15) is 39.0 Å². The van der Waals surface area contributed by atoms with E-state index in [1.54, 1.807) is 12.1 Å². The zero-order chi connectivity index (χ0) is 14.5. The molecular weight excluding hydrogens is 254 g/mol. The van der Waals surface area contributed by atoms with Crippen molar-refractivity contribution in [3.05, 3.63) is 28.3 Å². The molecule has 2 N–H and O–H groups in total. The SMILES string of the molecule is CCCC1CCCN(c2cccc(N)c2[N+](=O)[O-])CC1. The van der Waals surface area contributed by atoms with Gasteiger partial charge < -0.3 is 10.6 Å². The molecule has 1 fully saturated rings. The number of rotatable bonds is 4. The third-order valence-corrected chi connectivity index (χ3v) is 4.11. The lowest BCUT2D eigenvalue weighted by molar-refractivity contribution is -0.383. The van der Waals surface area contributed by atoms with Crippen molar-refractivity contribution in [2.75, 3.05) is 23.7 Å². The third kappa shape index (κ3) is 3.21. The number of hydrogen-bond donors (Lipinski definition) is 1. The van der Waals surface area contributed by atoms with Crippen molar-refractivity contribution in [1.82, 2.24) is 0 Å². The third-order valence-electron chi connectivity index (χ3n) is 4.11. The summed E-state index contributed by atoms with van der Waals surface area (Å²) in [6, 6.07) is 5.21. The van der Waals surface area contributed by atoms with Crippen LogP contribution in [0.2, 0.25) is 0 Å². The molecule has 110 valence electrons. The smallest absolute Gasteiger partial charge is 0.315 e. The maximum absolute atomic E-state index is 11.2. The van der Waals surface area contributed by atoms with Gasteiger partial charge in [0, 0.05) is 13.1 Å². The van der Waals surface area contributed by atoms with Gasteiger partial charge in [-0.05, 0) is 37.3 Å². The molecule has 0 bridgehead atoms. The molecule has 0 radical (unpaired) electrons. The van der Waals surface area contributed by atoms with Crippen molar-refractivity contribution in [3.63, 3.8) is 0 Å². The quantitative estimate of drug-likeness (QED) is 0.518. The Balaban J connectivity index is 2.20. The summed E-state index contributed by atoms with van der Waals surface area (Å²) < 4.78 is 0. The molecule has 0 saturated carbocycles. The molecule has 1 saturated heterocycles. The lowest BCUT2D eigenvalue weighted by Crippen LogP contribution is -2.25. The lowest BCUT2D eigenvalue weighted by atomic mass is 9.96. The van der Waals surface area contributed by atoms with Gasteiger partial charge in [-0.3, -0.25) is 10.1 Å². The molecule has 1 aliphatic rings. The van der Waals surface area contributed by atoms with Crippen LogP contribution in [0.25, 0.3) is 0 Å². The Morgan fingerprint density at radius 1 is 1.40 bits per heavy atom. The molecule has 0 spiro atoms. The molecule has 1 atom stereocenters. The Bertz CT molecular complexity index is 476. The molecule has 1 aromatic carbocycles. The molecule has 20 heavy (non-hydrogen) atoms. The summed E-state index contributed by atoms with van der Waals surface area (Å²) in [6.45, 7) is 3.98. The summed E-state index contributed by atoms with van der Waals surface area (Å²) in [5, 5.41) is 11.2. The van der Waals surface area contributed by atoms with E-state index >= 15 is 0 Å². The van der Waals surface area contributed by atoms with Crippen LogP contribution in [0.5, 0.6) is 0 Å². The number of nitrogens with zero attached hydrogens (tertiary/aromatic N) is 2. The van der Waals surface area contributed by atoms with Crippen LogP contribution in [0.4, 0.5) is 17.1 Å². The maximum Gasteiger partial charge on any atom is 0.315 e. The van der Waals surface area contributed by atoms with E-state index in [0.29, 0.717) is 5.69 Å². The van der Waals surface area contributed by atoms with E-state index in [1.807, 2.05) is 6.07 Å². The Morgan fingerprint density at radius 3 is 2.90 bits per heavy atom. The predicted molar refractivity (Wildman–Crippen MR) is 82.0 cm³/mol. The van der Waals surface area contributed by atoms with Crippen LogP contribution in [-0.4, -0.2) is 18.0 Å². The molecule has 0 aromatic heterocycles. The largest absolute Gasteiger partial charge is 0.393 e. The summed E-state index contributed by atoms with van der Waals surface area (Å²) in [5.74, 6) is 0.755. The van der Waals surface area contributed by atoms with E-state index in [1.165, 1.54) is 19.3 Å². The van der Waals surface area contributed by atoms with Gasteiger partial charge in [-0.2, -0.15) is 0 Å². The summed E-state index contributed by atoms with van der Waals surface area (Å²) in [5.41, 5.74) is 6.76. The fourth-order valence-corrected chi connectivity index (χ4v) is 3.11. The maximum atomic E-state index is 11.2. The van der Waals surface area contributed by atoms with Crippen LogP contribution >= 0.6 is 0 Å². The van der Waals surface area contributed by atoms with Crippen molar-refractivity contribution in [3.8, 4) is 0 Å². The fourth-order valence-electron chi connectivity index (χ4n) is 3.11. The second-order valence-corrected chi connectivity index (χ2v) is 5.54. The highest BCUT2D eigenvalue weighted by Gasteiger charge is 2.24. The minimum absolute atomic E-state index is 0.0569. The summed E-state index contributed by atoms with van der Waals surface area (Å²) in [7, 11) is 0. The molecule has 1 aromatic rings. The number of anilines is 2. The van der Waals surface area contributed by atoms with Crippen LogP contribution in [0.3, 0.4) is 0 Å². The zero-order valence-electron chi connectivity index (χ0n) is 12.0. The fraction of sp³-hybridized carbons (Fsp3) is 0.600. The van der Waals surface area contributed by atoms with Crippen molar-refractivity contribution >= 4 is 17.1 Å². The Hall–Kier alpha value is -1.78. The van der Waals surface area contributed by atoms with E-state index in [9.17, 15) is 10.1 Å². The number of para-hydroxylation sites is 1. The highest BCUT2D eigenvalue weighted by atomic mass is 16.6. The topological polar surface area (TPSA) is 72.4 Å². The van der Waals surface area contributed by atoms with Gasteiger partial charge in [0.15, 0.2) is 0 Å². The van der Waals surface area contributed by atoms with Crippen molar-refractivity contribution in [2.45, 2.75) is 39.0 Å². The minimum Gasteiger partial charge on any atom is -0.393 e. The van der Waals surface area contributed by atoms with Gasteiger partial charge in [0.2, 0.25) is 0 Å². The first-order valence-electron chi connectivity index (χ1n) is 7.41. The number of nitro benzene ring substituents is 1. The number of hydrogen-bond acceptors (Lipinski definition) is 4. The van der Waals surface area contributed by atoms with Crippen LogP contribution in [0.15, 0.2) is 18.2 Å². The van der Waals surface area contributed by atoms with Crippen LogP contribution < -0.4 is 10.6 Å². The Labute approximate surface area is 119 Å². The van der Waals surface area contributed by atoms with E-state index in [4.69, 9.17) is 5.73 Å². The Morgan fingerprint density at radius 2 is 2.20 bits per heavy atom. The molecule has 1 heterocycles. The first-order chi connectivity index (χ1) is 9.63. The van der Waals surface area contributed by atoms with E-state index < -0.39 is 0 Å². The van der Waals surface area contributed by atoms with Crippen molar-refractivity contribution in [2.24, 2.45) is 5.92 Å². The van der Waals surface area contributed by atoms with Crippen LogP contribution in [-0.2, 0) is 0 Å². The highest BCUT2D eigenvalue weighted by molar-refractivity contribution is 5.75. The minimum atomic E-state index is -0.362. The van der Waals surface area contributed by atoms with Gasteiger partial charge in [-0.25, -0.2) is 0 Å². The standard InChI is InChI=1S/C15H23N3O2/c1-2-5-12-6-4-10-17(11-9-12)14-8-3-7-13(16)15(14)18(19)20/h3,7-8,12H,2,4-6,9-11,16H2,1H3. The average molecular weight is 277 g/mol. The number of nitrogens with two attached hydrogens (primary N) is 1. The van der Waals surface area contributed by atoms with E-state index in [2.05, 4.69) is 11.8 Å². The molecule has 2 rings (SSSR count). The molecule has 1 aliphatic heterocycles. The summed E-state index contributed by atoms with van der Waals surface area (Å²) in [4.78, 5) is 13.0. The summed E-state index contributed by atoms with van der Waals surface area (Å²) in [6.07, 6.45) is 5.90. The molecule has 5 nitrogen and oxygen atoms in total. The Kier molecular flexibility index (Phi) is 4.82. The first kappa shape index (κ1) is 14.6. The monoisotopic (exact) mass is 277 g/mol. The second-order valence-electron chi connectivity index (χ2n) is 5.54. The highest BCUT2D eigenvalue weighted by Crippen LogP contribution is 2.35. The number of nitrogen functional groups attached to an aromatic ring is 1. The van der Waals surface area contributed by atoms with Crippen molar-refractivity contribution in [1.29, 1.82) is 0 Å². The van der Waals surface area contributed by atoms with Gasteiger partial charge in [0.25, 0.3) is 0 Å². The molecule has 0 aliphatic carbocycles. The molecule has 1 unspecified atom stereocenters.